The number of nitrogens with two attached hydrogens (primary N) is 1. The molecule has 16 heavy (non-hydrogen) atoms. The van der Waals surface area contributed by atoms with Crippen molar-refractivity contribution in [3.8, 4) is 5.75 Å². The zero-order valence-corrected chi connectivity index (χ0v) is 11.0. The Morgan fingerprint density at radius 1 is 1.44 bits per heavy atom. The Labute approximate surface area is 102 Å². The molecule has 0 aliphatic heterocycles. The smallest absolute Gasteiger partial charge is 0.132 e. The highest BCUT2D eigenvalue weighted by Gasteiger charge is 2.05. The van der Waals surface area contributed by atoms with Crippen LogP contribution < -0.4 is 10.5 Å². The molecular formula is C12H20N2OS. The van der Waals surface area contributed by atoms with Crippen LogP contribution in [0, 0.1) is 0 Å². The first-order chi connectivity index (χ1) is 7.71. The van der Waals surface area contributed by atoms with Gasteiger partial charge in [-0.15, -0.1) is 11.8 Å². The average molecular weight is 240 g/mol. The van der Waals surface area contributed by atoms with Crippen LogP contribution in [0.2, 0.25) is 0 Å². The minimum atomic E-state index is 0.691. The van der Waals surface area contributed by atoms with Gasteiger partial charge in [0.2, 0.25) is 0 Å². The molecule has 0 spiro atoms. The third kappa shape index (κ3) is 3.70. The maximum atomic E-state index is 5.52. The molecule has 0 saturated carbocycles. The summed E-state index contributed by atoms with van der Waals surface area (Å²) in [5.41, 5.74) is 6.77. The maximum absolute atomic E-state index is 5.52. The lowest BCUT2D eigenvalue weighted by Crippen LogP contribution is -2.24. The monoisotopic (exact) mass is 240 g/mol. The van der Waals surface area contributed by atoms with Gasteiger partial charge in [0, 0.05) is 24.5 Å². The molecule has 0 radical (unpaired) electrons. The van der Waals surface area contributed by atoms with Crippen molar-refractivity contribution in [3.05, 3.63) is 23.8 Å². The van der Waals surface area contributed by atoms with Crippen LogP contribution in [0.5, 0.6) is 5.75 Å². The number of hydrogen-bond acceptors (Lipinski definition) is 4. The summed E-state index contributed by atoms with van der Waals surface area (Å²) in [6.07, 6.45) is 2.05. The highest BCUT2D eigenvalue weighted by atomic mass is 32.2. The van der Waals surface area contributed by atoms with E-state index in [-0.39, 0.29) is 0 Å². The summed E-state index contributed by atoms with van der Waals surface area (Å²) in [5.74, 6) is 0.950. The lowest BCUT2D eigenvalue weighted by molar-refractivity contribution is 0.334. The van der Waals surface area contributed by atoms with Gasteiger partial charge in [-0.25, -0.2) is 0 Å². The first-order valence-electron chi connectivity index (χ1n) is 5.30. The summed E-state index contributed by atoms with van der Waals surface area (Å²) in [7, 11) is 3.78. The van der Waals surface area contributed by atoms with E-state index in [0.717, 1.165) is 18.8 Å². The quantitative estimate of drug-likeness (QED) is 0.770. The van der Waals surface area contributed by atoms with Gasteiger partial charge < -0.3 is 15.4 Å². The van der Waals surface area contributed by atoms with E-state index in [4.69, 9.17) is 10.5 Å². The lowest BCUT2D eigenvalue weighted by Gasteiger charge is -2.16. The SMILES string of the molecule is COc1cc(CN(C)CCN)ccc1SC. The number of ether oxygens (including phenoxy) is 1. The van der Waals surface area contributed by atoms with Gasteiger partial charge in [0.1, 0.15) is 5.75 Å². The first-order valence-corrected chi connectivity index (χ1v) is 6.53. The molecule has 0 unspecified atom stereocenters. The molecule has 90 valence electrons. The standard InChI is InChI=1S/C12H20N2OS/c1-14(7-6-13)9-10-4-5-12(16-3)11(8-10)15-2/h4-5,8H,6-7,9,13H2,1-3H3. The predicted molar refractivity (Wildman–Crippen MR) is 70.2 cm³/mol. The lowest BCUT2D eigenvalue weighted by atomic mass is 10.2. The summed E-state index contributed by atoms with van der Waals surface area (Å²) in [5, 5.41) is 0. The minimum absolute atomic E-state index is 0.691. The van der Waals surface area contributed by atoms with Gasteiger partial charge in [0.25, 0.3) is 0 Å². The molecule has 0 atom stereocenters. The number of benzene rings is 1. The van der Waals surface area contributed by atoms with Crippen LogP contribution in [0.3, 0.4) is 0 Å². The second kappa shape index (κ2) is 6.78. The third-order valence-corrected chi connectivity index (χ3v) is 3.19. The summed E-state index contributed by atoms with van der Waals surface area (Å²) >= 11 is 1.70. The molecule has 0 aliphatic carbocycles. The summed E-state index contributed by atoms with van der Waals surface area (Å²) in [4.78, 5) is 3.38. The third-order valence-electron chi connectivity index (χ3n) is 2.41. The molecule has 0 fully saturated rings. The van der Waals surface area contributed by atoms with E-state index in [1.807, 2.05) is 0 Å². The molecule has 4 heteroatoms. The van der Waals surface area contributed by atoms with Crippen molar-refractivity contribution >= 4 is 11.8 Å². The molecule has 0 heterocycles. The van der Waals surface area contributed by atoms with Crippen molar-refractivity contribution in [2.75, 3.05) is 33.5 Å². The Morgan fingerprint density at radius 2 is 2.19 bits per heavy atom. The highest BCUT2D eigenvalue weighted by Crippen LogP contribution is 2.28. The Balaban J connectivity index is 2.74. The number of nitrogens with zero attached hydrogens (tertiary/aromatic N) is 1. The largest absolute Gasteiger partial charge is 0.496 e. The zero-order chi connectivity index (χ0) is 12.0. The summed E-state index contributed by atoms with van der Waals surface area (Å²) < 4.78 is 5.35. The molecule has 1 rings (SSSR count). The van der Waals surface area contributed by atoms with Crippen LogP contribution >= 0.6 is 11.8 Å². The normalized spacial score (nSPS) is 10.8. The van der Waals surface area contributed by atoms with Gasteiger partial charge in [-0.05, 0) is 31.0 Å². The van der Waals surface area contributed by atoms with E-state index in [1.165, 1.54) is 10.5 Å². The van der Waals surface area contributed by atoms with Crippen LogP contribution in [0.1, 0.15) is 5.56 Å². The van der Waals surface area contributed by atoms with Crippen molar-refractivity contribution in [2.24, 2.45) is 5.73 Å². The van der Waals surface area contributed by atoms with E-state index in [1.54, 1.807) is 18.9 Å². The number of hydrogen-bond donors (Lipinski definition) is 1. The Kier molecular flexibility index (Phi) is 5.66. The van der Waals surface area contributed by atoms with Crippen LogP contribution in [-0.2, 0) is 6.54 Å². The molecular weight excluding hydrogens is 220 g/mol. The summed E-state index contributed by atoms with van der Waals surface area (Å²) in [6, 6.07) is 6.34. The fourth-order valence-electron chi connectivity index (χ4n) is 1.59. The van der Waals surface area contributed by atoms with Gasteiger partial charge in [-0.1, -0.05) is 6.07 Å². The van der Waals surface area contributed by atoms with Crippen molar-refractivity contribution in [1.29, 1.82) is 0 Å². The molecule has 0 saturated heterocycles. The van der Waals surface area contributed by atoms with Gasteiger partial charge in [0.15, 0.2) is 0 Å². The van der Waals surface area contributed by atoms with E-state index in [2.05, 4.69) is 36.4 Å². The molecule has 1 aromatic carbocycles. The molecule has 0 aliphatic rings. The molecule has 0 aromatic heterocycles. The second-order valence-corrected chi connectivity index (χ2v) is 4.56. The Hall–Kier alpha value is -0.710. The fraction of sp³-hybridized carbons (Fsp3) is 0.500. The molecule has 3 nitrogen and oxygen atoms in total. The topological polar surface area (TPSA) is 38.5 Å². The van der Waals surface area contributed by atoms with Crippen molar-refractivity contribution < 1.29 is 4.74 Å². The predicted octanol–water partition coefficient (Wildman–Crippen LogP) is 1.81. The van der Waals surface area contributed by atoms with Gasteiger partial charge >= 0.3 is 0 Å². The van der Waals surface area contributed by atoms with Gasteiger partial charge in [-0.2, -0.15) is 0 Å². The van der Waals surface area contributed by atoms with Crippen molar-refractivity contribution in [2.45, 2.75) is 11.4 Å². The number of thioether (sulfide) groups is 1. The van der Waals surface area contributed by atoms with E-state index in [9.17, 15) is 0 Å². The minimum Gasteiger partial charge on any atom is -0.496 e. The zero-order valence-electron chi connectivity index (χ0n) is 10.2. The van der Waals surface area contributed by atoms with Crippen molar-refractivity contribution in [1.82, 2.24) is 4.90 Å². The van der Waals surface area contributed by atoms with Crippen molar-refractivity contribution in [3.63, 3.8) is 0 Å². The van der Waals surface area contributed by atoms with E-state index >= 15 is 0 Å². The Morgan fingerprint density at radius 3 is 2.75 bits per heavy atom. The second-order valence-electron chi connectivity index (χ2n) is 3.72. The Bertz CT molecular complexity index is 331. The van der Waals surface area contributed by atoms with Crippen LogP contribution in [0.4, 0.5) is 0 Å². The number of likely N-dealkylation sites (N-methyl/N-ethyl adjacent to an activating group) is 1. The highest BCUT2D eigenvalue weighted by molar-refractivity contribution is 7.98. The van der Waals surface area contributed by atoms with Gasteiger partial charge in [0.05, 0.1) is 7.11 Å². The maximum Gasteiger partial charge on any atom is 0.132 e. The molecule has 0 amide bonds. The van der Waals surface area contributed by atoms with Gasteiger partial charge in [-0.3, -0.25) is 0 Å². The molecule has 2 N–H and O–H groups in total. The van der Waals surface area contributed by atoms with Crippen LogP contribution in [0.25, 0.3) is 0 Å². The average Bonchev–Trinajstić information content (AvgIpc) is 2.29. The molecule has 0 bridgehead atoms. The van der Waals surface area contributed by atoms with Crippen LogP contribution in [-0.4, -0.2) is 38.4 Å². The molecule has 1 aromatic rings. The fourth-order valence-corrected chi connectivity index (χ4v) is 2.14. The van der Waals surface area contributed by atoms with E-state index in [0.29, 0.717) is 6.54 Å². The number of methoxy groups -OCH3 is 1. The first kappa shape index (κ1) is 13.4. The van der Waals surface area contributed by atoms with E-state index < -0.39 is 0 Å². The number of rotatable bonds is 6. The van der Waals surface area contributed by atoms with Crippen LogP contribution in [0.15, 0.2) is 23.1 Å². The summed E-state index contributed by atoms with van der Waals surface area (Å²) in [6.45, 7) is 2.51.